The van der Waals surface area contributed by atoms with Gasteiger partial charge in [0.25, 0.3) is 5.91 Å². The smallest absolute Gasteiger partial charge is 0.253 e. The maximum atomic E-state index is 13.7. The standard InChI is InChI=1S/C38H42N6O/c1-26-25-39-41-35-22-28(12-15-33(26)35)37(45)42-19-16-38(17-20-42,29-8-4-3-5-9-29)18-21-43-30-13-14-31(43)24-32(23-30)44-27(2)40-34-10-6-7-11-36(34)44/h3-12,15,22,25,30-32H,13-14,16-21,23-24H2,1-2H3/t30-,31+,32?. The van der Waals surface area contributed by atoms with Crippen molar-refractivity contribution >= 4 is 27.8 Å². The molecule has 230 valence electrons. The Bertz CT molecular complexity index is 1840. The van der Waals surface area contributed by atoms with Crippen LogP contribution in [0.15, 0.2) is 79.0 Å². The molecule has 0 radical (unpaired) electrons. The quantitative estimate of drug-likeness (QED) is 0.210. The minimum Gasteiger partial charge on any atom is -0.339 e. The first-order valence-corrected chi connectivity index (χ1v) is 16.8. The largest absolute Gasteiger partial charge is 0.339 e. The highest BCUT2D eigenvalue weighted by Gasteiger charge is 2.44. The second-order valence-electron chi connectivity index (χ2n) is 13.7. The number of aryl methyl sites for hydroxylation is 2. The molecule has 5 heterocycles. The van der Waals surface area contributed by atoms with Crippen LogP contribution in [-0.4, -0.2) is 67.2 Å². The number of hydrogen-bond donors (Lipinski definition) is 0. The zero-order valence-electron chi connectivity index (χ0n) is 26.4. The van der Waals surface area contributed by atoms with Gasteiger partial charge in [-0.15, -0.1) is 0 Å². The van der Waals surface area contributed by atoms with E-state index in [-0.39, 0.29) is 11.3 Å². The number of nitrogens with zero attached hydrogens (tertiary/aromatic N) is 6. The van der Waals surface area contributed by atoms with Crippen LogP contribution in [0.3, 0.4) is 0 Å². The minimum atomic E-state index is 0.0808. The van der Waals surface area contributed by atoms with Gasteiger partial charge in [-0.3, -0.25) is 9.69 Å². The molecule has 3 aliphatic rings. The van der Waals surface area contributed by atoms with E-state index < -0.39 is 0 Å². The van der Waals surface area contributed by atoms with Gasteiger partial charge in [-0.2, -0.15) is 10.2 Å². The van der Waals surface area contributed by atoms with Crippen molar-refractivity contribution in [3.8, 4) is 0 Å². The second kappa shape index (κ2) is 11.4. The number of fused-ring (bicyclic) bond motifs is 4. The first-order chi connectivity index (χ1) is 22.0. The molecule has 8 rings (SSSR count). The van der Waals surface area contributed by atoms with Gasteiger partial charge < -0.3 is 9.47 Å². The van der Waals surface area contributed by atoms with E-state index in [9.17, 15) is 4.79 Å². The maximum Gasteiger partial charge on any atom is 0.253 e. The van der Waals surface area contributed by atoms with Crippen LogP contribution in [0.2, 0.25) is 0 Å². The lowest BCUT2D eigenvalue weighted by Gasteiger charge is -2.45. The van der Waals surface area contributed by atoms with Crippen LogP contribution in [0.5, 0.6) is 0 Å². The number of carbonyl (C=O) groups is 1. The molecule has 0 N–H and O–H groups in total. The summed E-state index contributed by atoms with van der Waals surface area (Å²) in [6.45, 7) is 6.87. The molecule has 2 aromatic heterocycles. The van der Waals surface area contributed by atoms with Crippen LogP contribution in [0.1, 0.15) is 78.3 Å². The van der Waals surface area contributed by atoms with Gasteiger partial charge in [0.2, 0.25) is 0 Å². The number of para-hydroxylation sites is 2. The van der Waals surface area contributed by atoms with Crippen LogP contribution in [0.25, 0.3) is 21.9 Å². The molecule has 3 saturated heterocycles. The summed E-state index contributed by atoms with van der Waals surface area (Å²) in [4.78, 5) is 23.5. The van der Waals surface area contributed by atoms with E-state index in [1.165, 1.54) is 36.8 Å². The third kappa shape index (κ3) is 5.02. The lowest BCUT2D eigenvalue weighted by molar-refractivity contribution is 0.0607. The van der Waals surface area contributed by atoms with E-state index in [1.54, 1.807) is 6.20 Å². The topological polar surface area (TPSA) is 67.2 Å². The molecule has 0 aliphatic carbocycles. The Kier molecular flexibility index (Phi) is 7.16. The normalized spacial score (nSPS) is 23.2. The summed E-state index contributed by atoms with van der Waals surface area (Å²) in [5, 5.41) is 9.44. The van der Waals surface area contributed by atoms with Crippen molar-refractivity contribution in [2.75, 3.05) is 19.6 Å². The SMILES string of the molecule is Cc1cnnc2cc(C(=O)N3CCC(CCN4[C@@H]5CC[C@H]4CC(n4c(C)nc6ccccc64)C5)(c4ccccc4)CC3)ccc12. The fourth-order valence-corrected chi connectivity index (χ4v) is 8.91. The van der Waals surface area contributed by atoms with E-state index in [0.717, 1.165) is 66.7 Å². The Labute approximate surface area is 265 Å². The Morgan fingerprint density at radius 2 is 1.60 bits per heavy atom. The van der Waals surface area contributed by atoms with Crippen LogP contribution < -0.4 is 0 Å². The number of rotatable bonds is 6. The second-order valence-corrected chi connectivity index (χ2v) is 13.7. The van der Waals surface area contributed by atoms with Crippen molar-refractivity contribution in [3.63, 3.8) is 0 Å². The molecule has 45 heavy (non-hydrogen) atoms. The molecule has 7 nitrogen and oxygen atoms in total. The van der Waals surface area contributed by atoms with Crippen molar-refractivity contribution < 1.29 is 4.79 Å². The van der Waals surface area contributed by atoms with Crippen molar-refractivity contribution in [1.82, 2.24) is 29.5 Å². The third-order valence-electron chi connectivity index (χ3n) is 11.3. The molecular weight excluding hydrogens is 556 g/mol. The Morgan fingerprint density at radius 1 is 0.867 bits per heavy atom. The average Bonchev–Trinajstić information content (AvgIpc) is 3.54. The molecule has 0 spiro atoms. The van der Waals surface area contributed by atoms with E-state index >= 15 is 0 Å². The monoisotopic (exact) mass is 598 g/mol. The summed E-state index contributed by atoms with van der Waals surface area (Å²) < 4.78 is 2.53. The third-order valence-corrected chi connectivity index (χ3v) is 11.3. The summed E-state index contributed by atoms with van der Waals surface area (Å²) in [5.74, 6) is 1.24. The lowest BCUT2D eigenvalue weighted by Crippen LogP contribution is -2.49. The summed E-state index contributed by atoms with van der Waals surface area (Å²) in [7, 11) is 0. The average molecular weight is 599 g/mol. The molecule has 2 bridgehead atoms. The van der Waals surface area contributed by atoms with Crippen LogP contribution in [-0.2, 0) is 5.41 Å². The van der Waals surface area contributed by atoms with Crippen molar-refractivity contribution in [2.24, 2.45) is 0 Å². The van der Waals surface area contributed by atoms with Crippen LogP contribution in [0, 0.1) is 13.8 Å². The zero-order chi connectivity index (χ0) is 30.5. The number of imidazole rings is 1. The van der Waals surface area contributed by atoms with Gasteiger partial charge in [0.15, 0.2) is 0 Å². The number of hydrogen-bond acceptors (Lipinski definition) is 5. The molecule has 3 atom stereocenters. The van der Waals surface area contributed by atoms with Gasteiger partial charge in [0.1, 0.15) is 5.82 Å². The molecule has 5 aromatic rings. The van der Waals surface area contributed by atoms with E-state index in [4.69, 9.17) is 4.98 Å². The predicted molar refractivity (Wildman–Crippen MR) is 178 cm³/mol. The van der Waals surface area contributed by atoms with Crippen molar-refractivity contribution in [2.45, 2.75) is 82.3 Å². The number of aromatic nitrogens is 4. The number of amides is 1. The zero-order valence-corrected chi connectivity index (χ0v) is 26.4. The molecule has 1 amide bonds. The van der Waals surface area contributed by atoms with Gasteiger partial charge in [-0.25, -0.2) is 4.98 Å². The molecular formula is C38H42N6O. The molecule has 7 heteroatoms. The van der Waals surface area contributed by atoms with Crippen LogP contribution >= 0.6 is 0 Å². The summed E-state index contributed by atoms with van der Waals surface area (Å²) in [5.41, 5.74) is 6.47. The van der Waals surface area contributed by atoms with Gasteiger partial charge in [-0.1, -0.05) is 48.5 Å². The van der Waals surface area contributed by atoms with Crippen LogP contribution in [0.4, 0.5) is 0 Å². The summed E-state index contributed by atoms with van der Waals surface area (Å²) >= 11 is 0. The Morgan fingerprint density at radius 3 is 2.38 bits per heavy atom. The molecule has 0 saturated carbocycles. The van der Waals surface area contributed by atoms with Gasteiger partial charge in [0.05, 0.1) is 22.7 Å². The maximum absolute atomic E-state index is 13.7. The highest BCUT2D eigenvalue weighted by molar-refractivity contribution is 5.98. The Hall–Kier alpha value is -4.10. The highest BCUT2D eigenvalue weighted by atomic mass is 16.2. The van der Waals surface area contributed by atoms with E-state index in [1.807, 2.05) is 25.1 Å². The molecule has 3 fully saturated rings. The van der Waals surface area contributed by atoms with Gasteiger partial charge in [0, 0.05) is 42.2 Å². The first kappa shape index (κ1) is 28.4. The highest BCUT2D eigenvalue weighted by Crippen LogP contribution is 2.45. The van der Waals surface area contributed by atoms with Gasteiger partial charge >= 0.3 is 0 Å². The minimum absolute atomic E-state index is 0.0808. The number of piperidine rings is 2. The molecule has 3 aliphatic heterocycles. The molecule has 1 unspecified atom stereocenters. The van der Waals surface area contributed by atoms with Crippen molar-refractivity contribution in [3.05, 3.63) is 102 Å². The van der Waals surface area contributed by atoms with E-state index in [2.05, 4.69) is 86.1 Å². The fourth-order valence-electron chi connectivity index (χ4n) is 8.91. The number of likely N-dealkylation sites (tertiary alicyclic amines) is 1. The van der Waals surface area contributed by atoms with Gasteiger partial charge in [-0.05, 0) is 106 Å². The van der Waals surface area contributed by atoms with E-state index in [0.29, 0.717) is 23.7 Å². The number of benzene rings is 3. The summed E-state index contributed by atoms with van der Waals surface area (Å²) in [6, 6.07) is 27.4. The number of carbonyl (C=O) groups excluding carboxylic acids is 1. The van der Waals surface area contributed by atoms with Crippen molar-refractivity contribution in [1.29, 1.82) is 0 Å². The first-order valence-electron chi connectivity index (χ1n) is 16.8. The lowest BCUT2D eigenvalue weighted by atomic mass is 9.70. The molecule has 3 aromatic carbocycles. The Balaban J connectivity index is 0.978. The fraction of sp³-hybridized carbons (Fsp3) is 0.421. The predicted octanol–water partition coefficient (Wildman–Crippen LogP) is 7.03. The summed E-state index contributed by atoms with van der Waals surface area (Å²) in [6.07, 6.45) is 9.87.